The molecule has 1 aromatic carbocycles. The van der Waals surface area contributed by atoms with E-state index in [0.717, 1.165) is 23.5 Å². The molecule has 0 saturated carbocycles. The van der Waals surface area contributed by atoms with Crippen molar-refractivity contribution in [2.45, 2.75) is 6.92 Å². The fourth-order valence-electron chi connectivity index (χ4n) is 1.38. The molecule has 1 heterocycles. The maximum absolute atomic E-state index is 13.6. The van der Waals surface area contributed by atoms with Crippen LogP contribution < -0.4 is 5.32 Å². The van der Waals surface area contributed by atoms with Crippen LogP contribution in [-0.4, -0.2) is 18.1 Å². The number of halogens is 2. The molecule has 0 atom stereocenters. The molecule has 0 aliphatic carbocycles. The van der Waals surface area contributed by atoms with Crippen LogP contribution in [0.1, 0.15) is 15.2 Å². The minimum Gasteiger partial charge on any atom is -0.465 e. The molecule has 0 bridgehead atoms. The van der Waals surface area contributed by atoms with Gasteiger partial charge in [0.15, 0.2) is 5.13 Å². The van der Waals surface area contributed by atoms with E-state index in [1.165, 1.54) is 20.2 Å². The van der Waals surface area contributed by atoms with Crippen LogP contribution in [0.5, 0.6) is 0 Å². The van der Waals surface area contributed by atoms with E-state index < -0.39 is 17.6 Å². The van der Waals surface area contributed by atoms with Gasteiger partial charge in [-0.2, -0.15) is 0 Å². The van der Waals surface area contributed by atoms with Crippen molar-refractivity contribution in [1.82, 2.24) is 4.98 Å². The fourth-order valence-corrected chi connectivity index (χ4v) is 2.13. The molecule has 1 N–H and O–H groups in total. The molecule has 2 aromatic rings. The van der Waals surface area contributed by atoms with Crippen molar-refractivity contribution in [3.63, 3.8) is 0 Å². The van der Waals surface area contributed by atoms with Gasteiger partial charge >= 0.3 is 5.97 Å². The Labute approximate surface area is 112 Å². The summed E-state index contributed by atoms with van der Waals surface area (Å²) >= 11 is 0.993. The summed E-state index contributed by atoms with van der Waals surface area (Å²) in [7, 11) is 1.25. The number of hydrogen-bond donors (Lipinski definition) is 1. The van der Waals surface area contributed by atoms with E-state index in [1.807, 2.05) is 0 Å². The Bertz CT molecular complexity index is 628. The number of carbonyl (C=O) groups is 1. The Balaban J connectivity index is 2.24. The highest BCUT2D eigenvalue weighted by atomic mass is 32.1. The van der Waals surface area contributed by atoms with Crippen molar-refractivity contribution >= 4 is 28.1 Å². The highest BCUT2D eigenvalue weighted by Crippen LogP contribution is 2.26. The molecule has 100 valence electrons. The molecule has 1 aromatic heterocycles. The second-order valence-corrected chi connectivity index (χ2v) is 4.76. The molecular formula is C12H10F2N2O2S. The van der Waals surface area contributed by atoms with Crippen LogP contribution in [0.3, 0.4) is 0 Å². The third-order valence-electron chi connectivity index (χ3n) is 2.38. The third-order valence-corrected chi connectivity index (χ3v) is 3.27. The summed E-state index contributed by atoms with van der Waals surface area (Å²) in [5, 5.41) is 2.90. The van der Waals surface area contributed by atoms with Crippen LogP contribution in [0.15, 0.2) is 18.3 Å². The van der Waals surface area contributed by atoms with Crippen LogP contribution in [-0.2, 0) is 4.74 Å². The number of esters is 1. The van der Waals surface area contributed by atoms with Gasteiger partial charge in [-0.15, -0.1) is 0 Å². The number of nitrogens with zero attached hydrogens (tertiary/aromatic N) is 1. The van der Waals surface area contributed by atoms with Crippen molar-refractivity contribution in [3.05, 3.63) is 40.4 Å². The van der Waals surface area contributed by atoms with Crippen LogP contribution in [0.4, 0.5) is 19.6 Å². The Morgan fingerprint density at radius 2 is 2.11 bits per heavy atom. The highest BCUT2D eigenvalue weighted by molar-refractivity contribution is 7.17. The van der Waals surface area contributed by atoms with E-state index >= 15 is 0 Å². The molecule has 4 nitrogen and oxygen atoms in total. The number of rotatable bonds is 3. The molecule has 0 aliphatic rings. The largest absolute Gasteiger partial charge is 0.465 e. The predicted molar refractivity (Wildman–Crippen MR) is 67.8 cm³/mol. The molecule has 2 rings (SSSR count). The molecule has 7 heteroatoms. The molecule has 0 radical (unpaired) electrons. The number of ether oxygens (including phenoxy) is 1. The van der Waals surface area contributed by atoms with Gasteiger partial charge in [-0.3, -0.25) is 0 Å². The first-order chi connectivity index (χ1) is 9.01. The van der Waals surface area contributed by atoms with Gasteiger partial charge in [0.25, 0.3) is 0 Å². The van der Waals surface area contributed by atoms with Gasteiger partial charge in [0, 0.05) is 6.07 Å². The number of carbonyl (C=O) groups excluding carboxylic acids is 1. The highest BCUT2D eigenvalue weighted by Gasteiger charge is 2.13. The molecule has 0 unspecified atom stereocenters. The number of hydrogen-bond acceptors (Lipinski definition) is 5. The van der Waals surface area contributed by atoms with Crippen molar-refractivity contribution < 1.29 is 18.3 Å². The first kappa shape index (κ1) is 13.4. The van der Waals surface area contributed by atoms with E-state index in [-0.39, 0.29) is 21.3 Å². The lowest BCUT2D eigenvalue weighted by molar-refractivity contribution is 0.0606. The Kier molecular flexibility index (Phi) is 3.75. The van der Waals surface area contributed by atoms with Crippen LogP contribution in [0, 0.1) is 18.6 Å². The fraction of sp³-hybridized carbons (Fsp3) is 0.167. The van der Waals surface area contributed by atoms with Gasteiger partial charge in [0.1, 0.15) is 16.5 Å². The number of thiazole rings is 1. The summed E-state index contributed by atoms with van der Waals surface area (Å²) in [6.07, 6.45) is 1.31. The summed E-state index contributed by atoms with van der Waals surface area (Å²) in [4.78, 5) is 15.4. The van der Waals surface area contributed by atoms with Crippen molar-refractivity contribution in [2.24, 2.45) is 0 Å². The standard InChI is InChI=1S/C12H10F2N2O2S/c1-6-3-8(14)9(4-7(6)13)16-12-15-5-10(19-12)11(17)18-2/h3-5H,1-2H3,(H,15,16). The number of anilines is 2. The normalized spacial score (nSPS) is 10.3. The first-order valence-electron chi connectivity index (χ1n) is 5.28. The molecule has 19 heavy (non-hydrogen) atoms. The van der Waals surface area contributed by atoms with Crippen molar-refractivity contribution in [3.8, 4) is 0 Å². The van der Waals surface area contributed by atoms with Gasteiger partial charge in [-0.1, -0.05) is 11.3 Å². The summed E-state index contributed by atoms with van der Waals surface area (Å²) in [6.45, 7) is 1.47. The number of methoxy groups -OCH3 is 1. The van der Waals surface area contributed by atoms with Gasteiger partial charge in [0.2, 0.25) is 0 Å². The average molecular weight is 284 g/mol. The quantitative estimate of drug-likeness (QED) is 0.879. The number of aryl methyl sites for hydroxylation is 1. The van der Waals surface area contributed by atoms with Crippen LogP contribution in [0.2, 0.25) is 0 Å². The second kappa shape index (κ2) is 5.31. The third kappa shape index (κ3) is 2.87. The number of benzene rings is 1. The van der Waals surface area contributed by atoms with E-state index in [1.54, 1.807) is 0 Å². The monoisotopic (exact) mass is 284 g/mol. The molecule has 0 aliphatic heterocycles. The zero-order valence-electron chi connectivity index (χ0n) is 10.2. The average Bonchev–Trinajstić information content (AvgIpc) is 2.83. The minimum atomic E-state index is -0.589. The Hall–Kier alpha value is -2.02. The topological polar surface area (TPSA) is 51.2 Å². The van der Waals surface area contributed by atoms with E-state index in [4.69, 9.17) is 0 Å². The summed E-state index contributed by atoms with van der Waals surface area (Å²) < 4.78 is 31.5. The lowest BCUT2D eigenvalue weighted by Crippen LogP contribution is -1.97. The zero-order chi connectivity index (χ0) is 14.0. The summed E-state index contributed by atoms with van der Waals surface area (Å²) in [5.74, 6) is -1.64. The van der Waals surface area contributed by atoms with Gasteiger partial charge in [0.05, 0.1) is 19.0 Å². The lowest BCUT2D eigenvalue weighted by Gasteiger charge is -2.05. The Morgan fingerprint density at radius 1 is 1.37 bits per heavy atom. The van der Waals surface area contributed by atoms with E-state index in [2.05, 4.69) is 15.0 Å². The first-order valence-corrected chi connectivity index (χ1v) is 6.09. The SMILES string of the molecule is COC(=O)c1cnc(Nc2cc(F)c(C)cc2F)s1. The van der Waals surface area contributed by atoms with Crippen molar-refractivity contribution in [2.75, 3.05) is 12.4 Å². The maximum Gasteiger partial charge on any atom is 0.349 e. The summed E-state index contributed by atoms with van der Waals surface area (Å²) in [6, 6.07) is 2.14. The van der Waals surface area contributed by atoms with Gasteiger partial charge in [-0.05, 0) is 18.6 Å². The summed E-state index contributed by atoms with van der Waals surface area (Å²) in [5.41, 5.74) is 0.186. The molecule has 0 saturated heterocycles. The predicted octanol–water partition coefficient (Wildman–Crippen LogP) is 3.26. The number of aromatic nitrogens is 1. The van der Waals surface area contributed by atoms with Crippen LogP contribution >= 0.6 is 11.3 Å². The van der Waals surface area contributed by atoms with E-state index in [9.17, 15) is 13.6 Å². The lowest BCUT2D eigenvalue weighted by atomic mass is 10.2. The van der Waals surface area contributed by atoms with Crippen molar-refractivity contribution in [1.29, 1.82) is 0 Å². The minimum absolute atomic E-state index is 0.0335. The maximum atomic E-state index is 13.6. The van der Waals surface area contributed by atoms with E-state index in [0.29, 0.717) is 0 Å². The zero-order valence-corrected chi connectivity index (χ0v) is 11.0. The van der Waals surface area contributed by atoms with Gasteiger partial charge in [-0.25, -0.2) is 18.6 Å². The van der Waals surface area contributed by atoms with Gasteiger partial charge < -0.3 is 10.1 Å². The molecular weight excluding hydrogens is 274 g/mol. The molecule has 0 spiro atoms. The second-order valence-electron chi connectivity index (χ2n) is 3.73. The molecule has 0 amide bonds. The smallest absolute Gasteiger partial charge is 0.349 e. The van der Waals surface area contributed by atoms with Crippen LogP contribution in [0.25, 0.3) is 0 Å². The molecule has 0 fully saturated rings. The Morgan fingerprint density at radius 3 is 2.79 bits per heavy atom. The number of nitrogens with one attached hydrogen (secondary N) is 1.